The molecule has 82 valence electrons. The lowest BCUT2D eigenvalue weighted by molar-refractivity contribution is -0.117. The molecule has 0 atom stereocenters. The van der Waals surface area contributed by atoms with Crippen LogP contribution in [-0.2, 0) is 4.79 Å². The Kier molecular flexibility index (Phi) is 2.37. The molecule has 1 saturated heterocycles. The molecule has 0 unspecified atom stereocenters. The zero-order valence-corrected chi connectivity index (χ0v) is 9.19. The van der Waals surface area contributed by atoms with E-state index in [0.717, 1.165) is 0 Å². The van der Waals surface area contributed by atoms with Crippen LogP contribution in [0.25, 0.3) is 0 Å². The fraction of sp³-hybridized carbons (Fsp3) is 0.364. The number of terminal acetylenes is 1. The molecule has 0 aromatic carbocycles. The van der Waals surface area contributed by atoms with Gasteiger partial charge in [-0.15, -0.1) is 6.42 Å². The topological polar surface area (TPSA) is 58.1 Å². The van der Waals surface area contributed by atoms with E-state index in [-0.39, 0.29) is 11.4 Å². The molecule has 16 heavy (non-hydrogen) atoms. The lowest BCUT2D eigenvalue weighted by Crippen LogP contribution is -2.43. The highest BCUT2D eigenvalue weighted by atomic mass is 16.2. The highest BCUT2D eigenvalue weighted by Crippen LogP contribution is 2.21. The van der Waals surface area contributed by atoms with Crippen LogP contribution in [0.3, 0.4) is 0 Å². The van der Waals surface area contributed by atoms with Crippen LogP contribution in [0.4, 0.5) is 5.95 Å². The third-order valence-electron chi connectivity index (χ3n) is 2.25. The molecule has 2 rings (SSSR count). The second-order valence-electron chi connectivity index (χ2n) is 4.29. The minimum atomic E-state index is -0.271. The van der Waals surface area contributed by atoms with Gasteiger partial charge in [-0.3, -0.25) is 4.79 Å². The van der Waals surface area contributed by atoms with E-state index in [9.17, 15) is 4.79 Å². The van der Waals surface area contributed by atoms with Gasteiger partial charge in [-0.2, -0.15) is 0 Å². The van der Waals surface area contributed by atoms with Crippen LogP contribution in [0, 0.1) is 12.3 Å². The molecule has 0 bridgehead atoms. The fourth-order valence-electron chi connectivity index (χ4n) is 1.56. The Hall–Kier alpha value is -1.93. The van der Waals surface area contributed by atoms with Gasteiger partial charge in [-0.1, -0.05) is 5.92 Å². The number of nitrogens with zero attached hydrogens (tertiary/aromatic N) is 3. The van der Waals surface area contributed by atoms with Gasteiger partial charge in [0, 0.05) is 18.2 Å². The number of aromatic nitrogens is 2. The van der Waals surface area contributed by atoms with Gasteiger partial charge in [0.15, 0.2) is 0 Å². The summed E-state index contributed by atoms with van der Waals surface area (Å²) in [4.78, 5) is 19.8. The summed E-state index contributed by atoms with van der Waals surface area (Å²) in [5.74, 6) is 2.65. The highest BCUT2D eigenvalue weighted by molar-refractivity contribution is 5.93. The number of anilines is 1. The van der Waals surface area contributed by atoms with Crippen LogP contribution in [0.1, 0.15) is 26.0 Å². The summed E-state index contributed by atoms with van der Waals surface area (Å²) in [6, 6.07) is 1.62. The monoisotopic (exact) mass is 216 g/mol. The van der Waals surface area contributed by atoms with Gasteiger partial charge in [0.05, 0.1) is 0 Å². The summed E-state index contributed by atoms with van der Waals surface area (Å²) in [5.41, 5.74) is 3.23. The molecule has 1 aromatic heterocycles. The number of amides is 1. The summed E-state index contributed by atoms with van der Waals surface area (Å²) < 4.78 is 0. The zero-order chi connectivity index (χ0) is 11.8. The van der Waals surface area contributed by atoms with Crippen molar-refractivity contribution in [3.63, 3.8) is 0 Å². The molecule has 1 aromatic rings. The van der Waals surface area contributed by atoms with Crippen LogP contribution in [0.15, 0.2) is 12.3 Å². The first-order valence-corrected chi connectivity index (χ1v) is 4.92. The standard InChI is InChI=1S/C11H12N4O/c1-4-8-5-6-12-10(13-8)15-9(16)7-11(2,3)14-15/h1,5-6,14H,7H2,2-3H3. The third-order valence-corrected chi connectivity index (χ3v) is 2.25. The van der Waals surface area contributed by atoms with Crippen molar-refractivity contribution >= 4 is 11.9 Å². The maximum atomic E-state index is 11.7. The number of hydrogen-bond acceptors (Lipinski definition) is 4. The lowest BCUT2D eigenvalue weighted by Gasteiger charge is -2.19. The Morgan fingerprint density at radius 3 is 2.94 bits per heavy atom. The number of nitrogens with one attached hydrogen (secondary N) is 1. The van der Waals surface area contributed by atoms with Crippen molar-refractivity contribution in [3.05, 3.63) is 18.0 Å². The summed E-state index contributed by atoms with van der Waals surface area (Å²) in [6.45, 7) is 3.88. The van der Waals surface area contributed by atoms with E-state index in [4.69, 9.17) is 6.42 Å². The normalized spacial score (nSPS) is 18.6. The van der Waals surface area contributed by atoms with Crippen LogP contribution >= 0.6 is 0 Å². The van der Waals surface area contributed by atoms with E-state index < -0.39 is 0 Å². The lowest BCUT2D eigenvalue weighted by atomic mass is 10.0. The molecule has 1 fully saturated rings. The van der Waals surface area contributed by atoms with Crippen molar-refractivity contribution in [1.82, 2.24) is 15.4 Å². The average molecular weight is 216 g/mol. The quantitative estimate of drug-likeness (QED) is 0.694. The van der Waals surface area contributed by atoms with Gasteiger partial charge in [0.25, 0.3) is 0 Å². The Bertz CT molecular complexity index is 475. The molecule has 1 aliphatic rings. The summed E-state index contributed by atoms with van der Waals surface area (Å²) in [5, 5.41) is 1.35. The van der Waals surface area contributed by atoms with Gasteiger partial charge in [-0.05, 0) is 19.9 Å². The predicted octanol–water partition coefficient (Wildman–Crippen LogP) is 0.478. The molecular weight excluding hydrogens is 204 g/mol. The first-order valence-electron chi connectivity index (χ1n) is 4.92. The van der Waals surface area contributed by atoms with Crippen molar-refractivity contribution in [2.24, 2.45) is 0 Å². The highest BCUT2D eigenvalue weighted by Gasteiger charge is 2.37. The first-order chi connectivity index (χ1) is 7.52. The van der Waals surface area contributed by atoms with Crippen molar-refractivity contribution in [2.45, 2.75) is 25.8 Å². The Morgan fingerprint density at radius 1 is 1.62 bits per heavy atom. The molecule has 0 spiro atoms. The van der Waals surface area contributed by atoms with Crippen LogP contribution in [0.5, 0.6) is 0 Å². The minimum Gasteiger partial charge on any atom is -0.273 e. The number of rotatable bonds is 1. The SMILES string of the molecule is C#Cc1ccnc(N2NC(C)(C)CC2=O)n1. The third kappa shape index (κ3) is 1.88. The van der Waals surface area contributed by atoms with Crippen molar-refractivity contribution < 1.29 is 4.79 Å². The summed E-state index contributed by atoms with van der Waals surface area (Å²) >= 11 is 0. The van der Waals surface area contributed by atoms with Crippen LogP contribution in [-0.4, -0.2) is 21.4 Å². The molecule has 0 saturated carbocycles. The Labute approximate surface area is 93.9 Å². The molecule has 0 radical (unpaired) electrons. The van der Waals surface area contributed by atoms with Crippen molar-refractivity contribution in [3.8, 4) is 12.3 Å². The van der Waals surface area contributed by atoms with Crippen LogP contribution < -0.4 is 10.4 Å². The molecule has 1 amide bonds. The van der Waals surface area contributed by atoms with Crippen molar-refractivity contribution in [1.29, 1.82) is 0 Å². The maximum absolute atomic E-state index is 11.7. The molecule has 2 heterocycles. The predicted molar refractivity (Wildman–Crippen MR) is 59.3 cm³/mol. The van der Waals surface area contributed by atoms with Gasteiger partial charge < -0.3 is 0 Å². The molecule has 1 aliphatic heterocycles. The number of carbonyl (C=O) groups excluding carboxylic acids is 1. The number of hydrogen-bond donors (Lipinski definition) is 1. The van der Waals surface area contributed by atoms with E-state index in [1.54, 1.807) is 6.07 Å². The Balaban J connectivity index is 2.32. The van der Waals surface area contributed by atoms with Gasteiger partial charge in [0.1, 0.15) is 5.69 Å². The summed E-state index contributed by atoms with van der Waals surface area (Å²) in [7, 11) is 0. The van der Waals surface area contributed by atoms with E-state index in [1.807, 2.05) is 13.8 Å². The summed E-state index contributed by atoms with van der Waals surface area (Å²) in [6.07, 6.45) is 7.19. The fourth-order valence-corrected chi connectivity index (χ4v) is 1.56. The van der Waals surface area contributed by atoms with Gasteiger partial charge in [0.2, 0.25) is 11.9 Å². The Morgan fingerprint density at radius 2 is 2.38 bits per heavy atom. The second-order valence-corrected chi connectivity index (χ2v) is 4.29. The van der Waals surface area contributed by atoms with Gasteiger partial charge >= 0.3 is 0 Å². The maximum Gasteiger partial charge on any atom is 0.248 e. The molecule has 5 heteroatoms. The average Bonchev–Trinajstić information content (AvgIpc) is 2.52. The van der Waals surface area contributed by atoms with Crippen molar-refractivity contribution in [2.75, 3.05) is 5.01 Å². The smallest absolute Gasteiger partial charge is 0.248 e. The van der Waals surface area contributed by atoms with E-state index >= 15 is 0 Å². The van der Waals surface area contributed by atoms with Crippen LogP contribution in [0.2, 0.25) is 0 Å². The molecule has 5 nitrogen and oxygen atoms in total. The van der Waals surface area contributed by atoms with Gasteiger partial charge in [-0.25, -0.2) is 20.4 Å². The second kappa shape index (κ2) is 3.58. The number of carbonyl (C=O) groups is 1. The molecular formula is C11H12N4O. The number of hydrazine groups is 1. The first kappa shape index (κ1) is 10.6. The van der Waals surface area contributed by atoms with E-state index in [1.165, 1.54) is 11.2 Å². The largest absolute Gasteiger partial charge is 0.273 e. The minimum absolute atomic E-state index is 0.0563. The molecule has 0 aliphatic carbocycles. The zero-order valence-electron chi connectivity index (χ0n) is 9.19. The molecule has 1 N–H and O–H groups in total. The van der Waals surface area contributed by atoms with E-state index in [2.05, 4.69) is 21.3 Å². The van der Waals surface area contributed by atoms with E-state index in [0.29, 0.717) is 18.1 Å².